The topological polar surface area (TPSA) is 44.4 Å². The van der Waals surface area contributed by atoms with Gasteiger partial charge in [0.05, 0.1) is 6.04 Å². The van der Waals surface area contributed by atoms with Gasteiger partial charge in [-0.15, -0.1) is 24.8 Å². The van der Waals surface area contributed by atoms with Crippen LogP contribution in [0.1, 0.15) is 32.4 Å². The molecule has 1 saturated heterocycles. The molecule has 1 aliphatic rings. The van der Waals surface area contributed by atoms with Crippen molar-refractivity contribution in [3.63, 3.8) is 0 Å². The SMILES string of the molecule is CCN(CC)C(CNC(=O)C(C)C1CNC1)c1ccccc1Cl.Cl.Cl. The molecule has 0 spiro atoms. The molecule has 1 aliphatic heterocycles. The summed E-state index contributed by atoms with van der Waals surface area (Å²) >= 11 is 6.39. The molecule has 0 bridgehead atoms. The number of carbonyl (C=O) groups is 1. The molecule has 0 saturated carbocycles. The van der Waals surface area contributed by atoms with Crippen LogP contribution in [0.25, 0.3) is 0 Å². The molecule has 4 nitrogen and oxygen atoms in total. The van der Waals surface area contributed by atoms with E-state index in [-0.39, 0.29) is 42.7 Å². The molecule has 2 atom stereocenters. The van der Waals surface area contributed by atoms with Gasteiger partial charge in [-0.2, -0.15) is 0 Å². The zero-order valence-electron chi connectivity index (χ0n) is 15.1. The summed E-state index contributed by atoms with van der Waals surface area (Å²) in [6, 6.07) is 8.01. The second kappa shape index (κ2) is 12.0. The Morgan fingerprint density at radius 2 is 1.88 bits per heavy atom. The number of nitrogens with zero attached hydrogens (tertiary/aromatic N) is 1. The third kappa shape index (κ3) is 6.30. The van der Waals surface area contributed by atoms with Crippen LogP contribution in [-0.2, 0) is 4.79 Å². The Labute approximate surface area is 168 Å². The van der Waals surface area contributed by atoms with E-state index in [9.17, 15) is 4.79 Å². The number of amides is 1. The van der Waals surface area contributed by atoms with E-state index in [2.05, 4.69) is 35.4 Å². The molecule has 0 aliphatic carbocycles. The Morgan fingerprint density at radius 3 is 2.36 bits per heavy atom. The van der Waals surface area contributed by atoms with Crippen molar-refractivity contribution in [3.8, 4) is 0 Å². The number of rotatable bonds is 8. The number of benzene rings is 1. The number of likely N-dealkylation sites (N-methyl/N-ethyl adjacent to an activating group) is 1. The molecule has 1 amide bonds. The normalized spacial score (nSPS) is 16.2. The molecule has 2 N–H and O–H groups in total. The zero-order chi connectivity index (χ0) is 16.8. The fraction of sp³-hybridized carbons (Fsp3) is 0.611. The fourth-order valence-corrected chi connectivity index (χ4v) is 3.34. The number of halogens is 3. The van der Waals surface area contributed by atoms with Crippen molar-refractivity contribution < 1.29 is 4.79 Å². The lowest BCUT2D eigenvalue weighted by atomic mass is 9.88. The largest absolute Gasteiger partial charge is 0.354 e. The van der Waals surface area contributed by atoms with Crippen LogP contribution in [0.15, 0.2) is 24.3 Å². The first-order chi connectivity index (χ1) is 11.1. The Morgan fingerprint density at radius 1 is 1.28 bits per heavy atom. The minimum absolute atomic E-state index is 0. The molecule has 1 aromatic carbocycles. The van der Waals surface area contributed by atoms with E-state index in [1.54, 1.807) is 0 Å². The third-order valence-electron chi connectivity index (χ3n) is 4.92. The number of carbonyl (C=O) groups excluding carboxylic acids is 1. The molecule has 0 radical (unpaired) electrons. The van der Waals surface area contributed by atoms with Gasteiger partial charge in [-0.25, -0.2) is 0 Å². The van der Waals surface area contributed by atoms with Crippen LogP contribution >= 0.6 is 36.4 Å². The van der Waals surface area contributed by atoms with Crippen LogP contribution in [0.3, 0.4) is 0 Å². The Balaban J connectivity index is 0.00000288. The molecule has 2 rings (SSSR count). The van der Waals surface area contributed by atoms with Crippen molar-refractivity contribution in [1.82, 2.24) is 15.5 Å². The molecule has 1 fully saturated rings. The van der Waals surface area contributed by atoms with Gasteiger partial charge < -0.3 is 10.6 Å². The molecule has 25 heavy (non-hydrogen) atoms. The van der Waals surface area contributed by atoms with Gasteiger partial charge in [0, 0.05) is 17.5 Å². The van der Waals surface area contributed by atoms with E-state index < -0.39 is 0 Å². The number of nitrogens with one attached hydrogen (secondary N) is 2. The third-order valence-corrected chi connectivity index (χ3v) is 5.26. The van der Waals surface area contributed by atoms with Gasteiger partial charge in [-0.3, -0.25) is 9.69 Å². The smallest absolute Gasteiger partial charge is 0.223 e. The summed E-state index contributed by atoms with van der Waals surface area (Å²) in [4.78, 5) is 14.7. The van der Waals surface area contributed by atoms with Crippen LogP contribution in [-0.4, -0.2) is 43.5 Å². The number of hydrogen-bond acceptors (Lipinski definition) is 3. The molecule has 1 heterocycles. The van der Waals surface area contributed by atoms with Crippen molar-refractivity contribution in [3.05, 3.63) is 34.9 Å². The lowest BCUT2D eigenvalue weighted by Gasteiger charge is -2.34. The van der Waals surface area contributed by atoms with Crippen LogP contribution in [0, 0.1) is 11.8 Å². The predicted molar refractivity (Wildman–Crippen MR) is 110 cm³/mol. The monoisotopic (exact) mass is 409 g/mol. The van der Waals surface area contributed by atoms with Crippen LogP contribution in [0.2, 0.25) is 5.02 Å². The minimum atomic E-state index is 0. The van der Waals surface area contributed by atoms with Crippen LogP contribution in [0.4, 0.5) is 0 Å². The second-order valence-corrected chi connectivity index (χ2v) is 6.62. The molecule has 144 valence electrons. The van der Waals surface area contributed by atoms with E-state index >= 15 is 0 Å². The van der Waals surface area contributed by atoms with Gasteiger partial charge >= 0.3 is 0 Å². The summed E-state index contributed by atoms with van der Waals surface area (Å²) in [5, 5.41) is 7.12. The van der Waals surface area contributed by atoms with Gasteiger partial charge in [-0.1, -0.05) is 50.6 Å². The first-order valence-electron chi connectivity index (χ1n) is 8.55. The first kappa shape index (κ1) is 24.5. The highest BCUT2D eigenvalue weighted by molar-refractivity contribution is 6.31. The maximum Gasteiger partial charge on any atom is 0.223 e. The highest BCUT2D eigenvalue weighted by Gasteiger charge is 2.29. The Hall–Kier alpha value is -0.520. The molecular formula is C18H30Cl3N3O. The molecule has 2 unspecified atom stereocenters. The summed E-state index contributed by atoms with van der Waals surface area (Å²) in [5.74, 6) is 0.655. The standard InChI is InChI=1S/C18H28ClN3O.2ClH/c1-4-22(5-2)17(15-8-6-7-9-16(15)19)12-21-18(23)13(3)14-10-20-11-14;;/h6-9,13-14,17,20H,4-5,10-12H2,1-3H3,(H,21,23);2*1H. The molecule has 0 aromatic heterocycles. The van der Waals surface area contributed by atoms with E-state index in [1.807, 2.05) is 25.1 Å². The summed E-state index contributed by atoms with van der Waals surface area (Å²) in [5.41, 5.74) is 1.08. The van der Waals surface area contributed by atoms with E-state index in [4.69, 9.17) is 11.6 Å². The average Bonchev–Trinajstić information content (AvgIpc) is 2.50. The second-order valence-electron chi connectivity index (χ2n) is 6.21. The van der Waals surface area contributed by atoms with Gasteiger partial charge in [0.2, 0.25) is 5.91 Å². The van der Waals surface area contributed by atoms with Crippen molar-refractivity contribution in [2.45, 2.75) is 26.8 Å². The highest BCUT2D eigenvalue weighted by Crippen LogP contribution is 2.27. The quantitative estimate of drug-likeness (QED) is 0.689. The first-order valence-corrected chi connectivity index (χ1v) is 8.93. The van der Waals surface area contributed by atoms with E-state index in [1.165, 1.54) is 0 Å². The molecular weight excluding hydrogens is 381 g/mol. The minimum Gasteiger partial charge on any atom is -0.354 e. The van der Waals surface area contributed by atoms with Crippen molar-refractivity contribution >= 4 is 42.3 Å². The Kier molecular flexibility index (Phi) is 11.7. The predicted octanol–water partition coefficient (Wildman–Crippen LogP) is 3.54. The van der Waals surface area contributed by atoms with Gasteiger partial charge in [-0.05, 0) is 43.7 Å². The maximum atomic E-state index is 12.4. The van der Waals surface area contributed by atoms with Gasteiger partial charge in [0.15, 0.2) is 0 Å². The average molecular weight is 411 g/mol. The molecule has 1 aromatic rings. The highest BCUT2D eigenvalue weighted by atomic mass is 35.5. The lowest BCUT2D eigenvalue weighted by Crippen LogP contribution is -2.50. The molecule has 7 heteroatoms. The van der Waals surface area contributed by atoms with Crippen LogP contribution < -0.4 is 10.6 Å². The lowest BCUT2D eigenvalue weighted by molar-refractivity contribution is -0.127. The van der Waals surface area contributed by atoms with E-state index in [0.717, 1.165) is 36.8 Å². The van der Waals surface area contributed by atoms with E-state index in [0.29, 0.717) is 12.5 Å². The van der Waals surface area contributed by atoms with Crippen molar-refractivity contribution in [1.29, 1.82) is 0 Å². The zero-order valence-corrected chi connectivity index (χ0v) is 17.5. The summed E-state index contributed by atoms with van der Waals surface area (Å²) in [6.45, 7) is 10.6. The number of hydrogen-bond donors (Lipinski definition) is 2. The van der Waals surface area contributed by atoms with Gasteiger partial charge in [0.25, 0.3) is 0 Å². The fourth-order valence-electron chi connectivity index (χ4n) is 3.08. The Bertz CT molecular complexity index is 522. The van der Waals surface area contributed by atoms with Crippen molar-refractivity contribution in [2.75, 3.05) is 32.7 Å². The summed E-state index contributed by atoms with van der Waals surface area (Å²) in [7, 11) is 0. The van der Waals surface area contributed by atoms with Crippen LogP contribution in [0.5, 0.6) is 0 Å². The van der Waals surface area contributed by atoms with Crippen molar-refractivity contribution in [2.24, 2.45) is 11.8 Å². The summed E-state index contributed by atoms with van der Waals surface area (Å²) < 4.78 is 0. The summed E-state index contributed by atoms with van der Waals surface area (Å²) in [6.07, 6.45) is 0. The maximum absolute atomic E-state index is 12.4. The van der Waals surface area contributed by atoms with Gasteiger partial charge in [0.1, 0.15) is 0 Å².